The largest absolute Gasteiger partial charge is 0.349 e. The number of imidazole rings is 1. The van der Waals surface area contributed by atoms with Crippen LogP contribution in [0.4, 0.5) is 10.3 Å². The molecule has 1 aromatic carbocycles. The van der Waals surface area contributed by atoms with Crippen molar-refractivity contribution < 1.29 is 4.39 Å². The maximum Gasteiger partial charge on any atom is 0.203 e. The third-order valence-electron chi connectivity index (χ3n) is 3.32. The Morgan fingerprint density at radius 1 is 1.33 bits per heavy atom. The number of hydrogen-bond donors (Lipinski definition) is 1. The minimum atomic E-state index is -0.203. The molecule has 2 aromatic rings. The van der Waals surface area contributed by atoms with E-state index in [1.54, 1.807) is 12.1 Å². The summed E-state index contributed by atoms with van der Waals surface area (Å²) < 4.78 is 15.0. The van der Waals surface area contributed by atoms with Crippen LogP contribution in [0.15, 0.2) is 36.7 Å². The summed E-state index contributed by atoms with van der Waals surface area (Å²) in [7, 11) is 0. The van der Waals surface area contributed by atoms with Gasteiger partial charge in [-0.25, -0.2) is 9.37 Å². The van der Waals surface area contributed by atoms with Crippen LogP contribution in [0.3, 0.4) is 0 Å². The standard InChI is InChI=1S/C14H16FN3/c1-10(11-2-4-12(15)5-3-11)17-14-16-8-9-18(14)13-6-7-13/h2-5,8-10,13H,6-7H2,1H3,(H,16,17). The molecule has 1 aliphatic rings. The molecule has 1 fully saturated rings. The molecule has 1 saturated carbocycles. The molecule has 0 radical (unpaired) electrons. The van der Waals surface area contributed by atoms with Gasteiger partial charge in [0.2, 0.25) is 5.95 Å². The van der Waals surface area contributed by atoms with Gasteiger partial charge in [-0.3, -0.25) is 0 Å². The molecule has 3 rings (SSSR count). The normalized spacial score (nSPS) is 16.6. The number of anilines is 1. The molecule has 0 spiro atoms. The molecule has 1 N–H and O–H groups in total. The van der Waals surface area contributed by atoms with E-state index in [4.69, 9.17) is 0 Å². The lowest BCUT2D eigenvalue weighted by atomic mass is 10.1. The van der Waals surface area contributed by atoms with Gasteiger partial charge in [0, 0.05) is 18.4 Å². The molecule has 1 unspecified atom stereocenters. The first kappa shape index (κ1) is 11.3. The Morgan fingerprint density at radius 3 is 2.72 bits per heavy atom. The average Bonchev–Trinajstić information content (AvgIpc) is 3.11. The van der Waals surface area contributed by atoms with Crippen LogP contribution in [0.2, 0.25) is 0 Å². The van der Waals surface area contributed by atoms with E-state index in [1.165, 1.54) is 25.0 Å². The zero-order valence-electron chi connectivity index (χ0n) is 10.3. The second kappa shape index (κ2) is 4.44. The highest BCUT2D eigenvalue weighted by Gasteiger charge is 2.25. The fourth-order valence-corrected chi connectivity index (χ4v) is 2.10. The summed E-state index contributed by atoms with van der Waals surface area (Å²) >= 11 is 0. The fourth-order valence-electron chi connectivity index (χ4n) is 2.10. The Balaban J connectivity index is 1.75. The smallest absolute Gasteiger partial charge is 0.203 e. The Bertz CT molecular complexity index is 528. The zero-order chi connectivity index (χ0) is 12.5. The summed E-state index contributed by atoms with van der Waals surface area (Å²) in [4.78, 5) is 4.34. The molecular weight excluding hydrogens is 229 g/mol. The van der Waals surface area contributed by atoms with E-state index in [2.05, 4.69) is 21.8 Å². The Hall–Kier alpha value is -1.84. The van der Waals surface area contributed by atoms with Gasteiger partial charge in [-0.2, -0.15) is 0 Å². The molecule has 0 aliphatic heterocycles. The number of halogens is 1. The van der Waals surface area contributed by atoms with Crippen LogP contribution in [0.25, 0.3) is 0 Å². The Kier molecular flexibility index (Phi) is 2.78. The van der Waals surface area contributed by atoms with Crippen LogP contribution in [0.1, 0.15) is 37.4 Å². The van der Waals surface area contributed by atoms with Crippen molar-refractivity contribution in [2.24, 2.45) is 0 Å². The van der Waals surface area contributed by atoms with E-state index in [9.17, 15) is 4.39 Å². The van der Waals surface area contributed by atoms with Crippen molar-refractivity contribution in [1.82, 2.24) is 9.55 Å². The van der Waals surface area contributed by atoms with Gasteiger partial charge < -0.3 is 9.88 Å². The molecule has 1 aromatic heterocycles. The van der Waals surface area contributed by atoms with E-state index in [1.807, 2.05) is 12.4 Å². The third kappa shape index (κ3) is 2.23. The zero-order valence-corrected chi connectivity index (χ0v) is 10.3. The van der Waals surface area contributed by atoms with Gasteiger partial charge in [0.25, 0.3) is 0 Å². The van der Waals surface area contributed by atoms with Crippen LogP contribution < -0.4 is 5.32 Å². The monoisotopic (exact) mass is 245 g/mol. The maximum atomic E-state index is 12.9. The van der Waals surface area contributed by atoms with Crippen molar-refractivity contribution in [1.29, 1.82) is 0 Å². The van der Waals surface area contributed by atoms with Crippen LogP contribution in [-0.4, -0.2) is 9.55 Å². The van der Waals surface area contributed by atoms with Crippen molar-refractivity contribution in [2.45, 2.75) is 31.8 Å². The van der Waals surface area contributed by atoms with Gasteiger partial charge in [0.05, 0.1) is 6.04 Å². The molecular formula is C14H16FN3. The van der Waals surface area contributed by atoms with E-state index >= 15 is 0 Å². The van der Waals surface area contributed by atoms with E-state index in [0.717, 1.165) is 11.5 Å². The first-order chi connectivity index (χ1) is 8.74. The lowest BCUT2D eigenvalue weighted by Crippen LogP contribution is -2.11. The molecule has 1 aliphatic carbocycles. The molecule has 94 valence electrons. The highest BCUT2D eigenvalue weighted by atomic mass is 19.1. The fraction of sp³-hybridized carbons (Fsp3) is 0.357. The Morgan fingerprint density at radius 2 is 2.06 bits per heavy atom. The highest BCUT2D eigenvalue weighted by molar-refractivity contribution is 5.33. The van der Waals surface area contributed by atoms with Gasteiger partial charge >= 0.3 is 0 Å². The molecule has 4 heteroatoms. The van der Waals surface area contributed by atoms with Gasteiger partial charge in [-0.05, 0) is 37.5 Å². The molecule has 1 heterocycles. The van der Waals surface area contributed by atoms with Crippen LogP contribution in [0, 0.1) is 5.82 Å². The number of nitrogens with one attached hydrogen (secondary N) is 1. The van der Waals surface area contributed by atoms with Crippen molar-refractivity contribution >= 4 is 5.95 Å². The van der Waals surface area contributed by atoms with Crippen LogP contribution in [0.5, 0.6) is 0 Å². The van der Waals surface area contributed by atoms with E-state index < -0.39 is 0 Å². The lowest BCUT2D eigenvalue weighted by molar-refractivity contribution is 0.626. The highest BCUT2D eigenvalue weighted by Crippen LogP contribution is 2.37. The number of hydrogen-bond acceptors (Lipinski definition) is 2. The summed E-state index contributed by atoms with van der Waals surface area (Å²) in [6.07, 6.45) is 6.29. The van der Waals surface area contributed by atoms with Crippen LogP contribution in [-0.2, 0) is 0 Å². The molecule has 0 bridgehead atoms. The first-order valence-corrected chi connectivity index (χ1v) is 6.29. The summed E-state index contributed by atoms with van der Waals surface area (Å²) in [6, 6.07) is 7.30. The average molecular weight is 245 g/mol. The molecule has 0 amide bonds. The quantitative estimate of drug-likeness (QED) is 0.893. The topological polar surface area (TPSA) is 29.9 Å². The van der Waals surface area contributed by atoms with Crippen molar-refractivity contribution in [2.75, 3.05) is 5.32 Å². The Labute approximate surface area is 106 Å². The first-order valence-electron chi connectivity index (χ1n) is 6.29. The summed E-state index contributed by atoms with van der Waals surface area (Å²) in [5.41, 5.74) is 1.06. The predicted octanol–water partition coefficient (Wildman–Crippen LogP) is 3.53. The molecule has 1 atom stereocenters. The van der Waals surface area contributed by atoms with E-state index in [-0.39, 0.29) is 11.9 Å². The second-order valence-electron chi connectivity index (χ2n) is 4.81. The van der Waals surface area contributed by atoms with E-state index in [0.29, 0.717) is 6.04 Å². The molecule has 3 nitrogen and oxygen atoms in total. The third-order valence-corrected chi connectivity index (χ3v) is 3.32. The number of rotatable bonds is 4. The molecule has 18 heavy (non-hydrogen) atoms. The summed E-state index contributed by atoms with van der Waals surface area (Å²) in [6.45, 7) is 2.05. The molecule has 0 saturated heterocycles. The number of benzene rings is 1. The maximum absolute atomic E-state index is 12.9. The van der Waals surface area contributed by atoms with Gasteiger partial charge in [0.1, 0.15) is 5.82 Å². The van der Waals surface area contributed by atoms with Crippen LogP contribution >= 0.6 is 0 Å². The van der Waals surface area contributed by atoms with Crippen molar-refractivity contribution in [3.8, 4) is 0 Å². The van der Waals surface area contributed by atoms with Gasteiger partial charge in [-0.1, -0.05) is 12.1 Å². The number of nitrogens with zero attached hydrogens (tertiary/aromatic N) is 2. The minimum absolute atomic E-state index is 0.116. The second-order valence-corrected chi connectivity index (χ2v) is 4.81. The van der Waals surface area contributed by atoms with Crippen molar-refractivity contribution in [3.63, 3.8) is 0 Å². The number of aromatic nitrogens is 2. The lowest BCUT2D eigenvalue weighted by Gasteiger charge is -2.16. The predicted molar refractivity (Wildman–Crippen MR) is 68.9 cm³/mol. The minimum Gasteiger partial charge on any atom is -0.349 e. The van der Waals surface area contributed by atoms with Crippen molar-refractivity contribution in [3.05, 3.63) is 48.0 Å². The van der Waals surface area contributed by atoms with Gasteiger partial charge in [0.15, 0.2) is 0 Å². The SMILES string of the molecule is CC(Nc1nccn1C1CC1)c1ccc(F)cc1. The summed E-state index contributed by atoms with van der Waals surface area (Å²) in [5.74, 6) is 0.694. The van der Waals surface area contributed by atoms with Gasteiger partial charge in [-0.15, -0.1) is 0 Å². The summed E-state index contributed by atoms with van der Waals surface area (Å²) in [5, 5.41) is 3.38.